The molecule has 5 nitrogen and oxygen atoms in total. The van der Waals surface area contributed by atoms with Crippen molar-refractivity contribution < 1.29 is 14.3 Å². The summed E-state index contributed by atoms with van der Waals surface area (Å²) < 4.78 is 11.0. The van der Waals surface area contributed by atoms with Crippen LogP contribution in [0.15, 0.2) is 55.1 Å². The van der Waals surface area contributed by atoms with E-state index in [0.717, 1.165) is 43.0 Å². The van der Waals surface area contributed by atoms with Gasteiger partial charge < -0.3 is 24.9 Å². The molecule has 4 rings (SSSR count). The Bertz CT molecular complexity index is 851. The lowest BCUT2D eigenvalue weighted by atomic mass is 10.0. The summed E-state index contributed by atoms with van der Waals surface area (Å²) in [6.45, 7) is 14.1. The number of carbonyl (C=O) groups excluding carboxylic acids is 1. The maximum absolute atomic E-state index is 9.77. The normalized spacial score (nSPS) is 14.7. The molecule has 2 aromatic rings. The number of fused-ring (bicyclic) bond motifs is 1. The highest BCUT2D eigenvalue weighted by molar-refractivity contribution is 5.49. The summed E-state index contributed by atoms with van der Waals surface area (Å²) in [6.07, 6.45) is 12.2. The van der Waals surface area contributed by atoms with Gasteiger partial charge in [0.2, 0.25) is 0 Å². The number of hydrogen-bond donors (Lipinski definition) is 2. The quantitative estimate of drug-likeness (QED) is 0.271. The molecule has 0 radical (unpaired) electrons. The average molecular weight is 525 g/mol. The number of piperidine rings is 1. The molecule has 2 N–H and O–H groups in total. The predicted molar refractivity (Wildman–Crippen MR) is 162 cm³/mol. The highest BCUT2D eigenvalue weighted by Gasteiger charge is 2.12. The average Bonchev–Trinajstić information content (AvgIpc) is 2.97. The van der Waals surface area contributed by atoms with Gasteiger partial charge in [-0.15, -0.1) is 0 Å². The van der Waals surface area contributed by atoms with E-state index >= 15 is 0 Å². The molecular formula is C33H52N2O3. The third kappa shape index (κ3) is 16.3. The lowest BCUT2D eigenvalue weighted by Gasteiger charge is -2.19. The van der Waals surface area contributed by atoms with Gasteiger partial charge in [-0.1, -0.05) is 82.2 Å². The smallest absolute Gasteiger partial charge is 0.161 e. The molecule has 1 atom stereocenters. The van der Waals surface area contributed by atoms with Gasteiger partial charge in [0.25, 0.3) is 0 Å². The number of rotatable bonds is 9. The second-order valence-corrected chi connectivity index (χ2v) is 9.94. The first-order valence-electron chi connectivity index (χ1n) is 14.4. The molecule has 0 unspecified atom stereocenters. The number of unbranched alkanes of at least 4 members (excludes halogenated alkanes) is 4. The molecule has 212 valence electrons. The SMILES string of the molecule is C=Cc1ccccc1.CC1CCNCC1.CCCCCCC=O.CN[C@H](C)Cc1ccc2c(c1)OCCO2. The number of likely N-dealkylation sites (N-methyl/N-ethyl adjacent to an activating group) is 1. The minimum atomic E-state index is 0.479. The summed E-state index contributed by atoms with van der Waals surface area (Å²) in [7, 11) is 1.97. The Hall–Kier alpha value is -2.63. The van der Waals surface area contributed by atoms with Crippen molar-refractivity contribution in [2.24, 2.45) is 5.92 Å². The second kappa shape index (κ2) is 22.4. The summed E-state index contributed by atoms with van der Waals surface area (Å²) in [5.41, 5.74) is 2.45. The molecule has 2 aliphatic rings. The Morgan fingerprint density at radius 3 is 2.24 bits per heavy atom. The van der Waals surface area contributed by atoms with Crippen molar-refractivity contribution in [3.63, 3.8) is 0 Å². The molecule has 0 amide bonds. The van der Waals surface area contributed by atoms with Gasteiger partial charge in [0.05, 0.1) is 0 Å². The Kier molecular flexibility index (Phi) is 19.7. The van der Waals surface area contributed by atoms with Crippen molar-refractivity contribution in [3.05, 3.63) is 66.2 Å². The van der Waals surface area contributed by atoms with E-state index in [4.69, 9.17) is 9.47 Å². The molecular weight excluding hydrogens is 472 g/mol. The van der Waals surface area contributed by atoms with E-state index in [2.05, 4.69) is 50.1 Å². The summed E-state index contributed by atoms with van der Waals surface area (Å²) in [5, 5.41) is 6.54. The topological polar surface area (TPSA) is 59.6 Å². The molecule has 0 aliphatic carbocycles. The zero-order chi connectivity index (χ0) is 27.8. The Balaban J connectivity index is 0.000000270. The van der Waals surface area contributed by atoms with Crippen LogP contribution in [0, 0.1) is 5.92 Å². The van der Waals surface area contributed by atoms with Gasteiger partial charge in [0.15, 0.2) is 11.5 Å². The van der Waals surface area contributed by atoms with Gasteiger partial charge in [-0.2, -0.15) is 0 Å². The molecule has 1 fully saturated rings. The molecule has 2 heterocycles. The summed E-state index contributed by atoms with van der Waals surface area (Å²) in [6, 6.07) is 16.7. The zero-order valence-electron chi connectivity index (χ0n) is 24.3. The molecule has 2 aromatic carbocycles. The van der Waals surface area contributed by atoms with Crippen molar-refractivity contribution in [2.45, 2.75) is 78.2 Å². The number of aldehydes is 1. The summed E-state index contributed by atoms with van der Waals surface area (Å²) in [5.74, 6) is 2.71. The molecule has 0 bridgehead atoms. The lowest BCUT2D eigenvalue weighted by molar-refractivity contribution is -0.107. The van der Waals surface area contributed by atoms with Gasteiger partial charge in [-0.3, -0.25) is 0 Å². The van der Waals surface area contributed by atoms with E-state index in [0.29, 0.717) is 19.3 Å². The standard InChI is InChI=1S/C12H17NO2.C8H8.C7H14O.C6H13N/c1-9(13-2)7-10-3-4-11-12(8-10)15-6-5-14-11;1-2-8-6-4-3-5-7-8;1-2-3-4-5-6-7-8;1-6-2-4-7-5-3-6/h3-4,8-9,13H,5-7H2,1-2H3;2-7H,1H2;7H,2-6H2,1H3;6-7H,2-5H2,1H3/t9-;;;/m1.../s1. The van der Waals surface area contributed by atoms with Crippen molar-refractivity contribution in [3.8, 4) is 11.5 Å². The van der Waals surface area contributed by atoms with E-state index in [-0.39, 0.29) is 0 Å². The van der Waals surface area contributed by atoms with Crippen LogP contribution in [0.1, 0.15) is 76.8 Å². The van der Waals surface area contributed by atoms with E-state index < -0.39 is 0 Å². The first kappa shape index (κ1) is 33.4. The fourth-order valence-corrected chi connectivity index (χ4v) is 3.88. The lowest BCUT2D eigenvalue weighted by Crippen LogP contribution is -2.26. The van der Waals surface area contributed by atoms with Gasteiger partial charge in [-0.05, 0) is 81.9 Å². The van der Waals surface area contributed by atoms with Crippen LogP contribution in [0.3, 0.4) is 0 Å². The largest absolute Gasteiger partial charge is 0.486 e. The highest BCUT2D eigenvalue weighted by Crippen LogP contribution is 2.31. The van der Waals surface area contributed by atoms with Gasteiger partial charge in [0.1, 0.15) is 19.5 Å². The summed E-state index contributed by atoms with van der Waals surface area (Å²) in [4.78, 5) is 9.77. The Labute approximate surface area is 232 Å². The van der Waals surface area contributed by atoms with Crippen LogP contribution in [0.5, 0.6) is 11.5 Å². The molecule has 0 aromatic heterocycles. The fourth-order valence-electron chi connectivity index (χ4n) is 3.88. The van der Waals surface area contributed by atoms with E-state index in [1.807, 2.05) is 49.5 Å². The van der Waals surface area contributed by atoms with Gasteiger partial charge in [0, 0.05) is 12.5 Å². The maximum Gasteiger partial charge on any atom is 0.161 e. The Morgan fingerprint density at radius 2 is 1.71 bits per heavy atom. The molecule has 0 saturated carbocycles. The first-order valence-corrected chi connectivity index (χ1v) is 14.4. The first-order chi connectivity index (χ1) is 18.5. The minimum Gasteiger partial charge on any atom is -0.486 e. The van der Waals surface area contributed by atoms with Crippen molar-refractivity contribution in [1.82, 2.24) is 10.6 Å². The third-order valence-electron chi connectivity index (χ3n) is 6.48. The molecule has 5 heteroatoms. The number of nitrogens with one attached hydrogen (secondary N) is 2. The van der Waals surface area contributed by atoms with Crippen molar-refractivity contribution in [1.29, 1.82) is 0 Å². The maximum atomic E-state index is 9.77. The fraction of sp³-hybridized carbons (Fsp3) is 0.545. The zero-order valence-corrected chi connectivity index (χ0v) is 24.3. The molecule has 1 saturated heterocycles. The van der Waals surface area contributed by atoms with Gasteiger partial charge >= 0.3 is 0 Å². The van der Waals surface area contributed by atoms with E-state index in [1.165, 1.54) is 56.3 Å². The number of benzene rings is 2. The monoisotopic (exact) mass is 524 g/mol. The minimum absolute atomic E-state index is 0.479. The van der Waals surface area contributed by atoms with E-state index in [1.54, 1.807) is 0 Å². The number of carbonyl (C=O) groups is 1. The Morgan fingerprint density at radius 1 is 1.03 bits per heavy atom. The van der Waals surface area contributed by atoms with Crippen molar-refractivity contribution >= 4 is 12.4 Å². The third-order valence-corrected chi connectivity index (χ3v) is 6.48. The van der Waals surface area contributed by atoms with Crippen molar-refractivity contribution in [2.75, 3.05) is 33.4 Å². The van der Waals surface area contributed by atoms with E-state index in [9.17, 15) is 4.79 Å². The number of ether oxygens (including phenoxy) is 2. The number of hydrogen-bond acceptors (Lipinski definition) is 5. The summed E-state index contributed by atoms with van der Waals surface area (Å²) >= 11 is 0. The molecule has 2 aliphatic heterocycles. The van der Waals surface area contributed by atoms with Crippen LogP contribution in [0.25, 0.3) is 6.08 Å². The van der Waals surface area contributed by atoms with Crippen LogP contribution in [-0.2, 0) is 11.2 Å². The van der Waals surface area contributed by atoms with Crippen LogP contribution in [-0.4, -0.2) is 45.7 Å². The molecule has 38 heavy (non-hydrogen) atoms. The van der Waals surface area contributed by atoms with Crippen LogP contribution >= 0.6 is 0 Å². The highest BCUT2D eigenvalue weighted by atomic mass is 16.6. The van der Waals surface area contributed by atoms with Crippen LogP contribution in [0.2, 0.25) is 0 Å². The van der Waals surface area contributed by atoms with Gasteiger partial charge in [-0.25, -0.2) is 0 Å². The van der Waals surface area contributed by atoms with Crippen LogP contribution < -0.4 is 20.1 Å². The van der Waals surface area contributed by atoms with Crippen LogP contribution in [0.4, 0.5) is 0 Å². The molecule has 0 spiro atoms. The second-order valence-electron chi connectivity index (χ2n) is 9.94. The predicted octanol–water partition coefficient (Wildman–Crippen LogP) is 7.10.